The second kappa shape index (κ2) is 13.2. The van der Waals surface area contributed by atoms with E-state index in [1.165, 1.54) is 4.31 Å². The molecule has 0 bridgehead atoms. The van der Waals surface area contributed by atoms with Gasteiger partial charge in [0.2, 0.25) is 0 Å². The predicted molar refractivity (Wildman–Crippen MR) is 180 cm³/mol. The first-order chi connectivity index (χ1) is 21.0. The minimum Gasteiger partial charge on any atom is -0.318 e. The minimum atomic E-state index is -4.06. The lowest BCUT2D eigenvalue weighted by Gasteiger charge is -2.26. The van der Waals surface area contributed by atoms with Crippen LogP contribution in [0.15, 0.2) is 118 Å². The van der Waals surface area contributed by atoms with Crippen molar-refractivity contribution >= 4 is 55.4 Å². The van der Waals surface area contributed by atoms with E-state index in [0.717, 1.165) is 32.7 Å². The second-order valence-electron chi connectivity index (χ2n) is 10.3. The molecule has 224 valence electrons. The Morgan fingerprint density at radius 3 is 2.34 bits per heavy atom. The molecule has 0 fully saturated rings. The lowest BCUT2D eigenvalue weighted by molar-refractivity contribution is 0.0955. The Kier molecular flexibility index (Phi) is 9.39. The normalized spacial score (nSPS) is 11.6. The number of aromatic nitrogens is 1. The third-order valence-electron chi connectivity index (χ3n) is 7.17. The highest BCUT2D eigenvalue weighted by Gasteiger charge is 2.28. The number of carbonyl (C=O) groups excluding carboxylic acids is 1. The van der Waals surface area contributed by atoms with Gasteiger partial charge in [0.05, 0.1) is 28.9 Å². The van der Waals surface area contributed by atoms with Gasteiger partial charge in [-0.05, 0) is 87.0 Å². The van der Waals surface area contributed by atoms with Crippen LogP contribution in [0.3, 0.4) is 0 Å². The van der Waals surface area contributed by atoms with E-state index in [0.29, 0.717) is 10.6 Å². The summed E-state index contributed by atoms with van der Waals surface area (Å²) < 4.78 is 32.4. The van der Waals surface area contributed by atoms with E-state index in [9.17, 15) is 13.2 Å². The molecule has 1 heterocycles. The summed E-state index contributed by atoms with van der Waals surface area (Å²) in [7, 11) is -4.06. The Bertz CT molecular complexity index is 1950. The molecule has 1 amide bonds. The molecule has 0 unspecified atom stereocenters. The van der Waals surface area contributed by atoms with Crippen molar-refractivity contribution in [3.63, 3.8) is 0 Å². The first kappa shape index (κ1) is 31.3. The predicted octanol–water partition coefficient (Wildman–Crippen LogP) is 7.98. The summed E-state index contributed by atoms with van der Waals surface area (Å²) >= 11 is 9.61. The largest absolute Gasteiger partial charge is 0.318 e. The van der Waals surface area contributed by atoms with Crippen molar-refractivity contribution in [2.45, 2.75) is 32.2 Å². The maximum atomic E-state index is 14.0. The number of nitrogens with zero attached hydrogens (tertiary/aromatic N) is 3. The van der Waals surface area contributed by atoms with Gasteiger partial charge < -0.3 is 4.57 Å². The Morgan fingerprint density at radius 2 is 1.64 bits per heavy atom. The zero-order chi connectivity index (χ0) is 31.4. The number of benzene rings is 4. The topological polar surface area (TPSA) is 83.8 Å². The zero-order valence-electron chi connectivity index (χ0n) is 24.3. The SMILES string of the molecule is Cc1ccc(S(=O)(=O)N(Cc2ccc(Cl)cc2)c2ccccc2C(=O)N/N=C/c2cc(C)n(-c3cccc(Br)c3)c2C)cc1. The van der Waals surface area contributed by atoms with Gasteiger partial charge >= 0.3 is 0 Å². The number of anilines is 1. The standard InChI is InChI=1S/C34H30BrClN4O3S/c1-23-11-17-31(18-12-23)44(42,43)39(22-26-13-15-29(36)16-14-26)33-10-5-4-9-32(33)34(41)38-37-21-27-19-24(2)40(25(27)3)30-8-6-7-28(35)20-30/h4-21H,22H2,1-3H3,(H,38,41)/b37-21+. The molecule has 0 saturated carbocycles. The quantitative estimate of drug-likeness (QED) is 0.126. The van der Waals surface area contributed by atoms with E-state index in [1.54, 1.807) is 79.0 Å². The van der Waals surface area contributed by atoms with Crippen molar-refractivity contribution < 1.29 is 13.2 Å². The fourth-order valence-electron chi connectivity index (χ4n) is 4.93. The molecule has 0 saturated heterocycles. The van der Waals surface area contributed by atoms with Crippen molar-refractivity contribution in [3.05, 3.63) is 146 Å². The summed E-state index contributed by atoms with van der Waals surface area (Å²) in [4.78, 5) is 13.6. The van der Waals surface area contributed by atoms with Crippen molar-refractivity contribution in [1.29, 1.82) is 0 Å². The molecule has 0 radical (unpaired) electrons. The molecule has 0 aliphatic carbocycles. The van der Waals surface area contributed by atoms with Crippen LogP contribution in [-0.4, -0.2) is 25.1 Å². The molecule has 10 heteroatoms. The molecule has 0 atom stereocenters. The minimum absolute atomic E-state index is 0.0114. The van der Waals surface area contributed by atoms with E-state index in [4.69, 9.17) is 11.6 Å². The Balaban J connectivity index is 1.46. The smallest absolute Gasteiger partial charge is 0.273 e. The Morgan fingerprint density at radius 1 is 0.932 bits per heavy atom. The van der Waals surface area contributed by atoms with Crippen LogP contribution < -0.4 is 9.73 Å². The monoisotopic (exact) mass is 688 g/mol. The number of hydrogen-bond donors (Lipinski definition) is 1. The van der Waals surface area contributed by atoms with E-state index in [-0.39, 0.29) is 22.7 Å². The van der Waals surface area contributed by atoms with Crippen LogP contribution in [0, 0.1) is 20.8 Å². The van der Waals surface area contributed by atoms with Gasteiger partial charge in [-0.3, -0.25) is 9.10 Å². The highest BCUT2D eigenvalue weighted by molar-refractivity contribution is 9.10. The average molecular weight is 690 g/mol. The van der Waals surface area contributed by atoms with Crippen molar-refractivity contribution in [1.82, 2.24) is 9.99 Å². The van der Waals surface area contributed by atoms with Crippen LogP contribution in [0.2, 0.25) is 5.02 Å². The summed E-state index contributed by atoms with van der Waals surface area (Å²) in [6, 6.07) is 30.1. The number of hydrogen-bond acceptors (Lipinski definition) is 4. The van der Waals surface area contributed by atoms with E-state index >= 15 is 0 Å². The summed E-state index contributed by atoms with van der Waals surface area (Å²) in [6.45, 7) is 5.86. The fourth-order valence-corrected chi connectivity index (χ4v) is 6.91. The lowest BCUT2D eigenvalue weighted by atomic mass is 10.1. The highest BCUT2D eigenvalue weighted by Crippen LogP contribution is 2.30. The Hall–Kier alpha value is -4.18. The molecule has 7 nitrogen and oxygen atoms in total. The number of amides is 1. The molecule has 4 aromatic carbocycles. The highest BCUT2D eigenvalue weighted by atomic mass is 79.9. The number of halogens is 2. The molecule has 0 aliphatic heterocycles. The zero-order valence-corrected chi connectivity index (χ0v) is 27.5. The third-order valence-corrected chi connectivity index (χ3v) is 9.69. The second-order valence-corrected chi connectivity index (χ2v) is 13.5. The number of para-hydroxylation sites is 1. The number of sulfonamides is 1. The van der Waals surface area contributed by atoms with Gasteiger partial charge in [-0.25, -0.2) is 13.8 Å². The number of aryl methyl sites for hydroxylation is 2. The summed E-state index contributed by atoms with van der Waals surface area (Å²) in [5.41, 5.74) is 8.43. The number of rotatable bonds is 9. The molecule has 5 aromatic rings. The maximum absolute atomic E-state index is 14.0. The lowest BCUT2D eigenvalue weighted by Crippen LogP contribution is -2.33. The van der Waals surface area contributed by atoms with Gasteiger partial charge in [0, 0.05) is 32.1 Å². The molecule has 5 rings (SSSR count). The fraction of sp³-hybridized carbons (Fsp3) is 0.118. The summed E-state index contributed by atoms with van der Waals surface area (Å²) in [5, 5.41) is 4.78. The number of carbonyl (C=O) groups is 1. The molecule has 44 heavy (non-hydrogen) atoms. The van der Waals surface area contributed by atoms with Gasteiger partial charge in [0.1, 0.15) is 0 Å². The number of hydrazone groups is 1. The van der Waals surface area contributed by atoms with Gasteiger partial charge in [0.15, 0.2) is 0 Å². The van der Waals surface area contributed by atoms with Crippen molar-refractivity contribution in [2.24, 2.45) is 5.10 Å². The molecular weight excluding hydrogens is 660 g/mol. The molecule has 1 aromatic heterocycles. The summed E-state index contributed by atoms with van der Waals surface area (Å²) in [5.74, 6) is -0.544. The van der Waals surface area contributed by atoms with Gasteiger partial charge in [-0.1, -0.05) is 75.6 Å². The molecule has 0 spiro atoms. The molecule has 1 N–H and O–H groups in total. The van der Waals surface area contributed by atoms with Crippen LogP contribution in [0.5, 0.6) is 0 Å². The molecular formula is C34H30BrClN4O3S. The maximum Gasteiger partial charge on any atom is 0.273 e. The average Bonchev–Trinajstić information content (AvgIpc) is 3.29. The van der Waals surface area contributed by atoms with Gasteiger partial charge in [-0.2, -0.15) is 5.10 Å². The van der Waals surface area contributed by atoms with Gasteiger partial charge in [0.25, 0.3) is 15.9 Å². The van der Waals surface area contributed by atoms with E-state index < -0.39 is 15.9 Å². The first-order valence-corrected chi connectivity index (χ1v) is 16.4. The van der Waals surface area contributed by atoms with Crippen LogP contribution in [0.25, 0.3) is 5.69 Å². The number of nitrogens with one attached hydrogen (secondary N) is 1. The third kappa shape index (κ3) is 6.80. The van der Waals surface area contributed by atoms with Crippen molar-refractivity contribution in [2.75, 3.05) is 4.31 Å². The van der Waals surface area contributed by atoms with Crippen LogP contribution in [0.4, 0.5) is 5.69 Å². The van der Waals surface area contributed by atoms with E-state index in [2.05, 4.69) is 31.0 Å². The van der Waals surface area contributed by atoms with Crippen LogP contribution >= 0.6 is 27.5 Å². The molecule has 0 aliphatic rings. The first-order valence-electron chi connectivity index (χ1n) is 13.8. The van der Waals surface area contributed by atoms with Crippen molar-refractivity contribution in [3.8, 4) is 5.69 Å². The van der Waals surface area contributed by atoms with Gasteiger partial charge in [-0.15, -0.1) is 0 Å². The van der Waals surface area contributed by atoms with Crippen LogP contribution in [0.1, 0.15) is 38.4 Å². The van der Waals surface area contributed by atoms with E-state index in [1.807, 2.05) is 51.1 Å². The summed E-state index contributed by atoms with van der Waals surface area (Å²) in [6.07, 6.45) is 1.59. The Labute approximate surface area is 271 Å². The van der Waals surface area contributed by atoms with Crippen LogP contribution in [-0.2, 0) is 16.6 Å².